The Morgan fingerprint density at radius 3 is 2.05 bits per heavy atom. The molecule has 3 aliphatic carbocycles. The second-order valence-corrected chi connectivity index (χ2v) is 10.1. The number of benzene rings is 4. The smallest absolute Gasteiger partial charge is 0.275 e. The van der Waals surface area contributed by atoms with Crippen LogP contribution in [0, 0.1) is 11.8 Å². The summed E-state index contributed by atoms with van der Waals surface area (Å²) in [6.07, 6.45) is 1.61. The Morgan fingerprint density at radius 2 is 1.38 bits per heavy atom. The molecule has 3 amide bonds. The molecule has 190 valence electrons. The van der Waals surface area contributed by atoms with Gasteiger partial charge in [-0.05, 0) is 46.5 Å². The largest absolute Gasteiger partial charge is 0.507 e. The van der Waals surface area contributed by atoms with E-state index in [1.54, 1.807) is 30.5 Å². The number of phenols is 1. The van der Waals surface area contributed by atoms with Crippen molar-refractivity contribution in [2.75, 3.05) is 4.90 Å². The number of anilines is 1. The minimum absolute atomic E-state index is 0.0838. The zero-order valence-electron chi connectivity index (χ0n) is 20.7. The number of para-hydroxylation sites is 2. The molecule has 0 aromatic heterocycles. The van der Waals surface area contributed by atoms with Gasteiger partial charge in [0.15, 0.2) is 0 Å². The fourth-order valence-corrected chi connectivity index (χ4v) is 6.80. The monoisotopic (exact) mass is 513 g/mol. The summed E-state index contributed by atoms with van der Waals surface area (Å²) in [5, 5.41) is 14.5. The highest BCUT2D eigenvalue weighted by atomic mass is 16.3. The van der Waals surface area contributed by atoms with E-state index < -0.39 is 23.2 Å². The normalized spacial score (nSPS) is 24.4. The van der Waals surface area contributed by atoms with E-state index in [9.17, 15) is 19.5 Å². The fraction of sp³-hybridized carbons (Fsp3) is 0.125. The van der Waals surface area contributed by atoms with Gasteiger partial charge in [-0.3, -0.25) is 14.4 Å². The number of amides is 3. The highest BCUT2D eigenvalue weighted by Crippen LogP contribution is 2.63. The van der Waals surface area contributed by atoms with Crippen molar-refractivity contribution in [3.05, 3.63) is 131 Å². The minimum atomic E-state index is -1.09. The number of nitrogens with one attached hydrogen (secondary N) is 1. The SMILES string of the molecule is O=C(N/N=C\C12c3ccccc3C(c3ccccc31)[C@H]1C(=O)N(c3ccccc3)C(=O)[C@H]12)c1ccccc1O. The van der Waals surface area contributed by atoms with Crippen LogP contribution in [0.2, 0.25) is 0 Å². The van der Waals surface area contributed by atoms with E-state index in [0.717, 1.165) is 22.3 Å². The first-order valence-corrected chi connectivity index (χ1v) is 12.8. The Balaban J connectivity index is 1.41. The summed E-state index contributed by atoms with van der Waals surface area (Å²) in [6, 6.07) is 30.9. The van der Waals surface area contributed by atoms with Gasteiger partial charge in [0.05, 0.1) is 28.5 Å². The van der Waals surface area contributed by atoms with E-state index in [-0.39, 0.29) is 29.0 Å². The van der Waals surface area contributed by atoms with Crippen molar-refractivity contribution in [1.82, 2.24) is 5.43 Å². The number of phenolic OH excluding ortho intramolecular Hbond substituents is 1. The molecule has 1 saturated heterocycles. The van der Waals surface area contributed by atoms with Gasteiger partial charge in [-0.2, -0.15) is 5.10 Å². The molecular formula is C32H23N3O4. The van der Waals surface area contributed by atoms with Crippen molar-refractivity contribution in [3.63, 3.8) is 0 Å². The molecule has 2 N–H and O–H groups in total. The molecule has 0 spiro atoms. The number of imide groups is 1. The Hall–Kier alpha value is -5.04. The van der Waals surface area contributed by atoms with E-state index in [2.05, 4.69) is 10.5 Å². The van der Waals surface area contributed by atoms with E-state index >= 15 is 0 Å². The summed E-state index contributed by atoms with van der Waals surface area (Å²) in [5.74, 6) is -2.91. The van der Waals surface area contributed by atoms with Crippen LogP contribution in [0.4, 0.5) is 5.69 Å². The zero-order chi connectivity index (χ0) is 26.7. The predicted molar refractivity (Wildman–Crippen MR) is 145 cm³/mol. The number of aromatic hydroxyl groups is 1. The second-order valence-electron chi connectivity index (χ2n) is 10.1. The van der Waals surface area contributed by atoms with Gasteiger partial charge < -0.3 is 5.11 Å². The standard InChI is InChI=1S/C32H23N3O4/c36-25-17-9-6-14-22(25)29(37)34-33-18-32-23-15-7-4-12-20(23)26(21-13-5-8-16-24(21)32)27-28(32)31(39)35(30(27)38)19-10-2-1-3-11-19/h1-18,26-28,36H,(H,34,37)/b33-18-/t26?,27-,28+,32?/m1/s1. The Labute approximate surface area is 224 Å². The number of hydrazone groups is 1. The Morgan fingerprint density at radius 1 is 0.795 bits per heavy atom. The fourth-order valence-electron chi connectivity index (χ4n) is 6.80. The molecule has 39 heavy (non-hydrogen) atoms. The summed E-state index contributed by atoms with van der Waals surface area (Å²) in [6.45, 7) is 0. The number of carbonyl (C=O) groups is 3. The highest BCUT2D eigenvalue weighted by Gasteiger charge is 2.68. The first-order valence-electron chi connectivity index (χ1n) is 12.8. The van der Waals surface area contributed by atoms with Crippen molar-refractivity contribution < 1.29 is 19.5 Å². The van der Waals surface area contributed by atoms with Gasteiger partial charge in [0.1, 0.15) is 5.75 Å². The summed E-state index contributed by atoms with van der Waals surface area (Å²) >= 11 is 0. The highest BCUT2D eigenvalue weighted by molar-refractivity contribution is 6.25. The molecule has 0 unspecified atom stereocenters. The van der Waals surface area contributed by atoms with Crippen molar-refractivity contribution in [2.45, 2.75) is 11.3 Å². The number of carbonyl (C=O) groups excluding carboxylic acids is 3. The van der Waals surface area contributed by atoms with Crippen LogP contribution in [-0.2, 0) is 15.0 Å². The lowest BCUT2D eigenvalue weighted by atomic mass is 9.47. The van der Waals surface area contributed by atoms with E-state index in [1.807, 2.05) is 66.7 Å². The van der Waals surface area contributed by atoms with Crippen LogP contribution >= 0.6 is 0 Å². The van der Waals surface area contributed by atoms with Crippen molar-refractivity contribution in [2.24, 2.45) is 16.9 Å². The lowest BCUT2D eigenvalue weighted by Gasteiger charge is -2.52. The molecule has 8 rings (SSSR count). The third kappa shape index (κ3) is 3.10. The van der Waals surface area contributed by atoms with Gasteiger partial charge in [-0.25, -0.2) is 10.3 Å². The van der Waals surface area contributed by atoms with Gasteiger partial charge in [-0.15, -0.1) is 0 Å². The minimum Gasteiger partial charge on any atom is -0.507 e. The van der Waals surface area contributed by atoms with Gasteiger partial charge in [0.2, 0.25) is 11.8 Å². The summed E-state index contributed by atoms with van der Waals surface area (Å²) in [7, 11) is 0. The van der Waals surface area contributed by atoms with E-state index in [1.165, 1.54) is 17.0 Å². The first kappa shape index (κ1) is 23.1. The molecule has 1 aliphatic heterocycles. The van der Waals surface area contributed by atoms with Crippen molar-refractivity contribution in [3.8, 4) is 5.75 Å². The molecule has 2 bridgehead atoms. The Bertz CT molecular complexity index is 1650. The molecule has 0 radical (unpaired) electrons. The zero-order valence-corrected chi connectivity index (χ0v) is 20.7. The molecule has 7 nitrogen and oxygen atoms in total. The predicted octanol–water partition coefficient (Wildman–Crippen LogP) is 4.36. The van der Waals surface area contributed by atoms with Crippen molar-refractivity contribution >= 4 is 29.6 Å². The molecule has 4 aliphatic rings. The molecule has 7 heteroatoms. The molecule has 4 aromatic rings. The van der Waals surface area contributed by atoms with Gasteiger partial charge in [-0.1, -0.05) is 78.9 Å². The lowest BCUT2D eigenvalue weighted by molar-refractivity contribution is -0.122. The lowest BCUT2D eigenvalue weighted by Crippen LogP contribution is -2.54. The van der Waals surface area contributed by atoms with Crippen LogP contribution in [0.5, 0.6) is 5.75 Å². The van der Waals surface area contributed by atoms with Crippen LogP contribution in [0.25, 0.3) is 0 Å². The van der Waals surface area contributed by atoms with Crippen molar-refractivity contribution in [1.29, 1.82) is 0 Å². The number of hydrogen-bond acceptors (Lipinski definition) is 5. The Kier molecular flexibility index (Phi) is 5.03. The maximum Gasteiger partial charge on any atom is 0.275 e. The summed E-state index contributed by atoms with van der Waals surface area (Å²) in [5.41, 5.74) is 5.81. The third-order valence-corrected chi connectivity index (χ3v) is 8.28. The average molecular weight is 514 g/mol. The van der Waals surface area contributed by atoms with E-state index in [4.69, 9.17) is 0 Å². The van der Waals surface area contributed by atoms with Gasteiger partial charge in [0, 0.05) is 12.1 Å². The van der Waals surface area contributed by atoms with Gasteiger partial charge >= 0.3 is 0 Å². The molecule has 1 fully saturated rings. The van der Waals surface area contributed by atoms with E-state index in [0.29, 0.717) is 5.69 Å². The molecular weight excluding hydrogens is 490 g/mol. The topological polar surface area (TPSA) is 99.1 Å². The maximum absolute atomic E-state index is 14.3. The van der Waals surface area contributed by atoms with Gasteiger partial charge in [0.25, 0.3) is 5.91 Å². The molecule has 1 heterocycles. The van der Waals surface area contributed by atoms with Crippen LogP contribution in [0.3, 0.4) is 0 Å². The maximum atomic E-state index is 14.3. The number of rotatable bonds is 4. The molecule has 0 saturated carbocycles. The van der Waals surface area contributed by atoms with Crippen LogP contribution in [0.1, 0.15) is 38.5 Å². The number of nitrogens with zero attached hydrogens (tertiary/aromatic N) is 2. The van der Waals surface area contributed by atoms with Crippen LogP contribution in [-0.4, -0.2) is 29.0 Å². The quantitative estimate of drug-likeness (QED) is 0.241. The first-order chi connectivity index (χ1) is 19.0. The third-order valence-electron chi connectivity index (χ3n) is 8.28. The van der Waals surface area contributed by atoms with Crippen LogP contribution < -0.4 is 10.3 Å². The van der Waals surface area contributed by atoms with Crippen LogP contribution in [0.15, 0.2) is 108 Å². The number of hydrogen-bond donors (Lipinski definition) is 2. The summed E-state index contributed by atoms with van der Waals surface area (Å²) < 4.78 is 0. The summed E-state index contributed by atoms with van der Waals surface area (Å²) in [4.78, 5) is 42.5. The average Bonchev–Trinajstić information content (AvgIpc) is 3.24. The molecule has 4 aromatic carbocycles. The molecule has 2 atom stereocenters. The second kappa shape index (κ2) is 8.49.